The molecule has 0 atom stereocenters. The van der Waals surface area contributed by atoms with E-state index in [2.05, 4.69) is 67.7 Å². The smallest absolute Gasteiger partial charge is 0.261 e. The second-order valence-electron chi connectivity index (χ2n) is 7.68. The number of benzene rings is 2. The molecule has 0 N–H and O–H groups in total. The zero-order valence-corrected chi connectivity index (χ0v) is 16.9. The molecule has 0 bridgehead atoms. The van der Waals surface area contributed by atoms with Gasteiger partial charge in [0, 0.05) is 4.47 Å². The van der Waals surface area contributed by atoms with E-state index >= 15 is 0 Å². The van der Waals surface area contributed by atoms with Gasteiger partial charge in [-0.1, -0.05) is 48.8 Å². The Morgan fingerprint density at radius 3 is 2.32 bits per heavy atom. The SMILES string of the molecule is Cc1cc(C(C)(C)C)cc(C)c1Cn1cnc2ccc(Br)cc2c1=O. The molecule has 0 amide bonds. The molecule has 3 nitrogen and oxygen atoms in total. The lowest BCUT2D eigenvalue weighted by Gasteiger charge is -2.22. The third kappa shape index (κ3) is 3.54. The van der Waals surface area contributed by atoms with Crippen LogP contribution in [0.2, 0.25) is 0 Å². The Morgan fingerprint density at radius 2 is 1.72 bits per heavy atom. The van der Waals surface area contributed by atoms with Crippen LogP contribution in [0.1, 0.15) is 43.0 Å². The summed E-state index contributed by atoms with van der Waals surface area (Å²) in [5.74, 6) is 0. The van der Waals surface area contributed by atoms with Crippen molar-refractivity contribution in [2.45, 2.75) is 46.6 Å². The van der Waals surface area contributed by atoms with E-state index in [1.807, 2.05) is 18.2 Å². The molecule has 130 valence electrons. The highest BCUT2D eigenvalue weighted by atomic mass is 79.9. The Labute approximate surface area is 156 Å². The van der Waals surface area contributed by atoms with Gasteiger partial charge < -0.3 is 0 Å². The predicted octanol–water partition coefficient (Wildman–Crippen LogP) is 5.12. The molecule has 0 radical (unpaired) electrons. The molecule has 2 aromatic carbocycles. The summed E-state index contributed by atoms with van der Waals surface area (Å²) in [6.07, 6.45) is 1.65. The first-order valence-electron chi connectivity index (χ1n) is 8.42. The number of rotatable bonds is 2. The number of hydrogen-bond donors (Lipinski definition) is 0. The van der Waals surface area contributed by atoms with Crippen LogP contribution in [-0.2, 0) is 12.0 Å². The van der Waals surface area contributed by atoms with Crippen molar-refractivity contribution in [3.05, 3.63) is 73.7 Å². The van der Waals surface area contributed by atoms with Crippen LogP contribution in [0.3, 0.4) is 0 Å². The first-order chi connectivity index (χ1) is 11.7. The van der Waals surface area contributed by atoms with Gasteiger partial charge in [-0.05, 0) is 59.7 Å². The van der Waals surface area contributed by atoms with Crippen LogP contribution in [0.25, 0.3) is 10.9 Å². The van der Waals surface area contributed by atoms with Crippen LogP contribution >= 0.6 is 15.9 Å². The Balaban J connectivity index is 2.08. The summed E-state index contributed by atoms with van der Waals surface area (Å²) in [6.45, 7) is 11.4. The summed E-state index contributed by atoms with van der Waals surface area (Å²) in [5.41, 5.74) is 5.76. The summed E-state index contributed by atoms with van der Waals surface area (Å²) < 4.78 is 2.58. The van der Waals surface area contributed by atoms with Crippen molar-refractivity contribution in [1.82, 2.24) is 9.55 Å². The standard InChI is InChI=1S/C21H23BrN2O/c1-13-8-15(21(3,4)5)9-14(2)18(13)11-24-12-23-19-7-6-16(22)10-17(19)20(24)25/h6-10,12H,11H2,1-5H3. The highest BCUT2D eigenvalue weighted by molar-refractivity contribution is 9.10. The molecule has 0 aliphatic carbocycles. The Morgan fingerprint density at radius 1 is 1.08 bits per heavy atom. The minimum absolute atomic E-state index is 0.00926. The van der Waals surface area contributed by atoms with E-state index in [9.17, 15) is 4.79 Å². The molecule has 0 aliphatic rings. The van der Waals surface area contributed by atoms with Crippen LogP contribution in [0, 0.1) is 13.8 Å². The molecular formula is C21H23BrN2O. The second-order valence-corrected chi connectivity index (χ2v) is 8.59. The summed E-state index contributed by atoms with van der Waals surface area (Å²) in [4.78, 5) is 17.3. The average Bonchev–Trinajstić information content (AvgIpc) is 2.52. The van der Waals surface area contributed by atoms with E-state index in [0.29, 0.717) is 11.9 Å². The highest BCUT2D eigenvalue weighted by Gasteiger charge is 2.17. The van der Waals surface area contributed by atoms with Gasteiger partial charge in [0.25, 0.3) is 5.56 Å². The van der Waals surface area contributed by atoms with E-state index < -0.39 is 0 Å². The second kappa shape index (κ2) is 6.41. The molecule has 3 rings (SSSR count). The monoisotopic (exact) mass is 398 g/mol. The molecular weight excluding hydrogens is 376 g/mol. The largest absolute Gasteiger partial charge is 0.294 e. The van der Waals surface area contributed by atoms with Crippen molar-refractivity contribution in [2.24, 2.45) is 0 Å². The van der Waals surface area contributed by atoms with Gasteiger partial charge in [-0.3, -0.25) is 9.36 Å². The minimum atomic E-state index is -0.00926. The lowest BCUT2D eigenvalue weighted by Crippen LogP contribution is -2.22. The summed E-state index contributed by atoms with van der Waals surface area (Å²) in [7, 11) is 0. The molecule has 0 spiro atoms. The molecule has 0 saturated carbocycles. The maximum Gasteiger partial charge on any atom is 0.261 e. The zero-order chi connectivity index (χ0) is 18.4. The van der Waals surface area contributed by atoms with Crippen molar-refractivity contribution >= 4 is 26.8 Å². The third-order valence-electron chi connectivity index (χ3n) is 4.68. The molecule has 0 saturated heterocycles. The maximum atomic E-state index is 12.8. The van der Waals surface area contributed by atoms with Crippen LogP contribution in [0.15, 0.2) is 45.9 Å². The number of aromatic nitrogens is 2. The van der Waals surface area contributed by atoms with Crippen LogP contribution in [0.4, 0.5) is 0 Å². The lowest BCUT2D eigenvalue weighted by atomic mass is 9.84. The first kappa shape index (κ1) is 17.9. The molecule has 1 heterocycles. The lowest BCUT2D eigenvalue weighted by molar-refractivity contribution is 0.588. The quantitative estimate of drug-likeness (QED) is 0.600. The number of nitrogens with zero attached hydrogens (tertiary/aromatic N) is 2. The topological polar surface area (TPSA) is 34.9 Å². The first-order valence-corrected chi connectivity index (χ1v) is 9.21. The van der Waals surface area contributed by atoms with Gasteiger partial charge >= 0.3 is 0 Å². The zero-order valence-electron chi connectivity index (χ0n) is 15.4. The van der Waals surface area contributed by atoms with Gasteiger partial charge in [0.1, 0.15) is 0 Å². The van der Waals surface area contributed by atoms with Crippen molar-refractivity contribution in [2.75, 3.05) is 0 Å². The fourth-order valence-corrected chi connectivity index (χ4v) is 3.45. The molecule has 25 heavy (non-hydrogen) atoms. The van der Waals surface area contributed by atoms with Crippen molar-refractivity contribution in [3.8, 4) is 0 Å². The summed E-state index contributed by atoms with van der Waals surface area (Å²) >= 11 is 3.43. The van der Waals surface area contributed by atoms with Gasteiger partial charge in [-0.2, -0.15) is 0 Å². The molecule has 1 aromatic heterocycles. The average molecular weight is 399 g/mol. The minimum Gasteiger partial charge on any atom is -0.294 e. The molecule has 0 aliphatic heterocycles. The highest BCUT2D eigenvalue weighted by Crippen LogP contribution is 2.27. The Bertz CT molecular complexity index is 990. The Hall–Kier alpha value is -1.94. The maximum absolute atomic E-state index is 12.8. The fourth-order valence-electron chi connectivity index (χ4n) is 3.09. The summed E-state index contributed by atoms with van der Waals surface area (Å²) in [6, 6.07) is 10.1. The Kier molecular flexibility index (Phi) is 4.58. The van der Waals surface area contributed by atoms with Crippen molar-refractivity contribution < 1.29 is 0 Å². The van der Waals surface area contributed by atoms with Crippen LogP contribution in [0.5, 0.6) is 0 Å². The third-order valence-corrected chi connectivity index (χ3v) is 5.17. The van der Waals surface area contributed by atoms with E-state index in [-0.39, 0.29) is 11.0 Å². The van der Waals surface area contributed by atoms with Crippen molar-refractivity contribution in [1.29, 1.82) is 0 Å². The van der Waals surface area contributed by atoms with E-state index in [1.54, 1.807) is 10.9 Å². The molecule has 4 heteroatoms. The number of halogens is 1. The van der Waals surface area contributed by atoms with Crippen LogP contribution < -0.4 is 5.56 Å². The molecule has 0 unspecified atom stereocenters. The van der Waals surface area contributed by atoms with Gasteiger partial charge in [-0.15, -0.1) is 0 Å². The van der Waals surface area contributed by atoms with Gasteiger partial charge in [0.2, 0.25) is 0 Å². The normalized spacial score (nSPS) is 11.9. The van der Waals surface area contributed by atoms with Gasteiger partial charge in [0.15, 0.2) is 0 Å². The van der Waals surface area contributed by atoms with Gasteiger partial charge in [-0.25, -0.2) is 4.98 Å². The number of fused-ring (bicyclic) bond motifs is 1. The number of hydrogen-bond acceptors (Lipinski definition) is 2. The van der Waals surface area contributed by atoms with E-state index in [1.165, 1.54) is 22.3 Å². The molecule has 3 aromatic rings. The van der Waals surface area contributed by atoms with Crippen molar-refractivity contribution in [3.63, 3.8) is 0 Å². The van der Waals surface area contributed by atoms with E-state index in [0.717, 1.165) is 9.99 Å². The van der Waals surface area contributed by atoms with E-state index in [4.69, 9.17) is 0 Å². The summed E-state index contributed by atoms with van der Waals surface area (Å²) in [5, 5.41) is 0.637. The number of aryl methyl sites for hydroxylation is 2. The molecule has 0 fully saturated rings. The predicted molar refractivity (Wildman–Crippen MR) is 107 cm³/mol. The van der Waals surface area contributed by atoms with Gasteiger partial charge in [0.05, 0.1) is 23.8 Å². The fraction of sp³-hybridized carbons (Fsp3) is 0.333. The van der Waals surface area contributed by atoms with Crippen LogP contribution in [-0.4, -0.2) is 9.55 Å².